The van der Waals surface area contributed by atoms with Crippen LogP contribution in [0, 0.1) is 0 Å². The summed E-state index contributed by atoms with van der Waals surface area (Å²) in [5, 5.41) is 3.58. The second-order valence-electron chi connectivity index (χ2n) is 8.81. The van der Waals surface area contributed by atoms with E-state index in [1.165, 1.54) is 68.6 Å². The lowest BCUT2D eigenvalue weighted by Crippen LogP contribution is -2.51. The molecule has 0 aliphatic carbocycles. The van der Waals surface area contributed by atoms with Crippen LogP contribution in [0.3, 0.4) is 0 Å². The van der Waals surface area contributed by atoms with Gasteiger partial charge in [-0.15, -0.1) is 0 Å². The quantitative estimate of drug-likeness (QED) is 0.283. The number of methoxy groups -OCH3 is 2. The number of nitrogens with one attached hydrogen (secondary N) is 1. The standard InChI is InChI=1S/C28H30Cl3N3O6S/c1-5-24(28(36)32-2)33(16-18-6-12-22(30)23(31)14-18)27(35)17-34(20-9-7-19(29)8-10-20)41(37,38)21-11-13-25(39-3)26(15-21)40-4/h6-15,24H,5,16-17H2,1-4H3,(H,32,36)/t24-/m0/s1. The zero-order valence-corrected chi connectivity index (χ0v) is 25.9. The van der Waals surface area contributed by atoms with E-state index in [0.29, 0.717) is 21.4 Å². The minimum absolute atomic E-state index is 0.0213. The van der Waals surface area contributed by atoms with E-state index in [0.717, 1.165) is 4.31 Å². The number of benzene rings is 3. The van der Waals surface area contributed by atoms with Gasteiger partial charge in [0.1, 0.15) is 12.6 Å². The number of halogens is 3. The van der Waals surface area contributed by atoms with Crippen molar-refractivity contribution in [2.24, 2.45) is 0 Å². The Balaban J connectivity index is 2.10. The summed E-state index contributed by atoms with van der Waals surface area (Å²) >= 11 is 18.3. The molecule has 220 valence electrons. The number of hydrogen-bond acceptors (Lipinski definition) is 6. The number of carbonyl (C=O) groups excluding carboxylic acids is 2. The predicted octanol–water partition coefficient (Wildman–Crippen LogP) is 5.41. The molecule has 0 aliphatic rings. The SMILES string of the molecule is CC[C@@H](C(=O)NC)N(Cc1ccc(Cl)c(Cl)c1)C(=O)CN(c1ccc(Cl)cc1)S(=O)(=O)c1ccc(OC)c(OC)c1. The molecule has 9 nitrogen and oxygen atoms in total. The second kappa shape index (κ2) is 14.1. The minimum atomic E-state index is -4.33. The van der Waals surface area contributed by atoms with Crippen LogP contribution in [0.2, 0.25) is 15.1 Å². The highest BCUT2D eigenvalue weighted by molar-refractivity contribution is 7.92. The van der Waals surface area contributed by atoms with Gasteiger partial charge >= 0.3 is 0 Å². The van der Waals surface area contributed by atoms with Crippen molar-refractivity contribution < 1.29 is 27.5 Å². The lowest BCUT2D eigenvalue weighted by Gasteiger charge is -2.33. The summed E-state index contributed by atoms with van der Waals surface area (Å²) < 4.78 is 39.6. The van der Waals surface area contributed by atoms with Crippen LogP contribution >= 0.6 is 34.8 Å². The Morgan fingerprint density at radius 1 is 0.902 bits per heavy atom. The average molecular weight is 643 g/mol. The topological polar surface area (TPSA) is 105 Å². The summed E-state index contributed by atoms with van der Waals surface area (Å²) in [5.41, 5.74) is 0.802. The molecule has 1 N–H and O–H groups in total. The van der Waals surface area contributed by atoms with E-state index in [1.807, 2.05) is 0 Å². The molecular weight excluding hydrogens is 613 g/mol. The second-order valence-corrected chi connectivity index (χ2v) is 11.9. The summed E-state index contributed by atoms with van der Waals surface area (Å²) in [7, 11) is -0.0394. The van der Waals surface area contributed by atoms with Gasteiger partial charge in [0.2, 0.25) is 11.8 Å². The molecular formula is C28H30Cl3N3O6S. The van der Waals surface area contributed by atoms with Gasteiger partial charge in [-0.1, -0.05) is 47.8 Å². The lowest BCUT2D eigenvalue weighted by molar-refractivity contribution is -0.140. The van der Waals surface area contributed by atoms with Gasteiger partial charge in [-0.25, -0.2) is 8.42 Å². The first-order chi connectivity index (χ1) is 19.5. The van der Waals surface area contributed by atoms with E-state index in [2.05, 4.69) is 5.32 Å². The summed E-state index contributed by atoms with van der Waals surface area (Å²) in [4.78, 5) is 28.0. The van der Waals surface area contributed by atoms with Crippen LogP contribution in [0.4, 0.5) is 5.69 Å². The number of ether oxygens (including phenoxy) is 2. The van der Waals surface area contributed by atoms with Crippen LogP contribution in [-0.2, 0) is 26.2 Å². The average Bonchev–Trinajstić information content (AvgIpc) is 2.97. The van der Waals surface area contributed by atoms with Gasteiger partial charge in [0.25, 0.3) is 10.0 Å². The van der Waals surface area contributed by atoms with Crippen LogP contribution in [0.5, 0.6) is 11.5 Å². The van der Waals surface area contributed by atoms with Crippen molar-refractivity contribution in [1.82, 2.24) is 10.2 Å². The number of sulfonamides is 1. The fraction of sp³-hybridized carbons (Fsp3) is 0.286. The summed E-state index contributed by atoms with van der Waals surface area (Å²) in [6, 6.07) is 14.1. The summed E-state index contributed by atoms with van der Waals surface area (Å²) in [6.45, 7) is 1.12. The van der Waals surface area contributed by atoms with E-state index in [4.69, 9.17) is 44.3 Å². The number of amides is 2. The van der Waals surface area contributed by atoms with Gasteiger partial charge in [-0.2, -0.15) is 0 Å². The van der Waals surface area contributed by atoms with E-state index in [9.17, 15) is 18.0 Å². The largest absolute Gasteiger partial charge is 0.493 e. The fourth-order valence-corrected chi connectivity index (χ4v) is 6.04. The maximum absolute atomic E-state index is 14.0. The lowest BCUT2D eigenvalue weighted by atomic mass is 10.1. The fourth-order valence-electron chi connectivity index (χ4n) is 4.16. The third-order valence-electron chi connectivity index (χ3n) is 6.31. The van der Waals surface area contributed by atoms with Crippen LogP contribution < -0.4 is 19.1 Å². The van der Waals surface area contributed by atoms with Crippen LogP contribution in [0.1, 0.15) is 18.9 Å². The molecule has 0 heterocycles. The monoisotopic (exact) mass is 641 g/mol. The zero-order valence-electron chi connectivity index (χ0n) is 22.9. The van der Waals surface area contributed by atoms with E-state index < -0.39 is 34.4 Å². The van der Waals surface area contributed by atoms with Crippen LogP contribution in [-0.4, -0.2) is 59.0 Å². The van der Waals surface area contributed by atoms with Crippen LogP contribution in [0.15, 0.2) is 65.6 Å². The molecule has 0 spiro atoms. The van der Waals surface area contributed by atoms with Gasteiger partial charge in [-0.05, 0) is 60.5 Å². The van der Waals surface area contributed by atoms with Crippen molar-refractivity contribution in [2.75, 3.05) is 32.1 Å². The Labute approximate surface area is 254 Å². The first-order valence-electron chi connectivity index (χ1n) is 12.4. The molecule has 0 fully saturated rings. The van der Waals surface area contributed by atoms with Gasteiger partial charge < -0.3 is 19.7 Å². The molecule has 3 aromatic rings. The Bertz CT molecular complexity index is 1500. The van der Waals surface area contributed by atoms with Gasteiger partial charge in [0.05, 0.1) is 34.8 Å². The molecule has 41 heavy (non-hydrogen) atoms. The third kappa shape index (κ3) is 7.56. The summed E-state index contributed by atoms with van der Waals surface area (Å²) in [5.74, 6) is -0.486. The summed E-state index contributed by atoms with van der Waals surface area (Å²) in [6.07, 6.45) is 0.274. The molecule has 2 amide bonds. The molecule has 1 atom stereocenters. The molecule has 0 bridgehead atoms. The van der Waals surface area contributed by atoms with Crippen molar-refractivity contribution in [3.8, 4) is 11.5 Å². The molecule has 0 radical (unpaired) electrons. The number of anilines is 1. The smallest absolute Gasteiger partial charge is 0.264 e. The number of likely N-dealkylation sites (N-methyl/N-ethyl adjacent to an activating group) is 1. The minimum Gasteiger partial charge on any atom is -0.493 e. The van der Waals surface area contributed by atoms with Gasteiger partial charge in [0, 0.05) is 24.7 Å². The Morgan fingerprint density at radius 3 is 2.12 bits per heavy atom. The molecule has 13 heteroatoms. The maximum Gasteiger partial charge on any atom is 0.264 e. The number of hydrogen-bond donors (Lipinski definition) is 1. The van der Waals surface area contributed by atoms with Gasteiger partial charge in [0.15, 0.2) is 11.5 Å². The van der Waals surface area contributed by atoms with E-state index in [1.54, 1.807) is 25.1 Å². The maximum atomic E-state index is 14.0. The number of nitrogens with zero attached hydrogens (tertiary/aromatic N) is 2. The molecule has 0 unspecified atom stereocenters. The highest BCUT2D eigenvalue weighted by Crippen LogP contribution is 2.33. The van der Waals surface area contributed by atoms with Crippen molar-refractivity contribution in [1.29, 1.82) is 0 Å². The first kappa shape index (κ1) is 32.3. The van der Waals surface area contributed by atoms with Crippen molar-refractivity contribution in [3.63, 3.8) is 0 Å². The van der Waals surface area contributed by atoms with E-state index >= 15 is 0 Å². The Kier molecular flexibility index (Phi) is 11.1. The Morgan fingerprint density at radius 2 is 1.56 bits per heavy atom. The zero-order chi connectivity index (χ0) is 30.3. The molecule has 0 saturated heterocycles. The molecule has 3 aromatic carbocycles. The highest BCUT2D eigenvalue weighted by Gasteiger charge is 2.34. The normalized spacial score (nSPS) is 11.9. The third-order valence-corrected chi connectivity index (χ3v) is 9.07. The van der Waals surface area contributed by atoms with Crippen LogP contribution in [0.25, 0.3) is 0 Å². The highest BCUT2D eigenvalue weighted by atomic mass is 35.5. The van der Waals surface area contributed by atoms with Crippen molar-refractivity contribution >= 4 is 62.3 Å². The van der Waals surface area contributed by atoms with E-state index in [-0.39, 0.29) is 34.3 Å². The Hall–Kier alpha value is -3.18. The molecule has 0 aromatic heterocycles. The predicted molar refractivity (Wildman–Crippen MR) is 161 cm³/mol. The molecule has 3 rings (SSSR count). The first-order valence-corrected chi connectivity index (χ1v) is 15.0. The van der Waals surface area contributed by atoms with Crippen molar-refractivity contribution in [2.45, 2.75) is 30.8 Å². The molecule has 0 saturated carbocycles. The number of carbonyl (C=O) groups is 2. The molecule has 0 aliphatic heterocycles. The number of rotatable bonds is 12. The van der Waals surface area contributed by atoms with Gasteiger partial charge in [-0.3, -0.25) is 13.9 Å². The van der Waals surface area contributed by atoms with Crippen molar-refractivity contribution in [3.05, 3.63) is 81.3 Å².